The molecule has 1 N–H and O–H groups in total. The maximum atomic E-state index is 12.6. The van der Waals surface area contributed by atoms with Gasteiger partial charge in [-0.15, -0.1) is 0 Å². The summed E-state index contributed by atoms with van der Waals surface area (Å²) >= 11 is 0. The standard InChI is InChI=1S/C26H27N3O3S/c1-3-29(4-2)33(31,32)25-16-12-21(13-17-25)14-18-26(30)28-24-10-7-8-22(20-24)11-15-23-9-5-6-19-27-23/h5-10,12-13,16-17,19-20H,3-4,14,18H2,1-2H3,(H,28,30). The molecule has 0 fully saturated rings. The smallest absolute Gasteiger partial charge is 0.243 e. The Hall–Kier alpha value is -3.47. The van der Waals surface area contributed by atoms with Crippen molar-refractivity contribution in [2.75, 3.05) is 18.4 Å². The lowest BCUT2D eigenvalue weighted by Gasteiger charge is -2.18. The number of benzene rings is 2. The molecule has 33 heavy (non-hydrogen) atoms. The highest BCUT2D eigenvalue weighted by Gasteiger charge is 2.21. The summed E-state index contributed by atoms with van der Waals surface area (Å²) in [7, 11) is -3.48. The molecule has 0 aliphatic heterocycles. The van der Waals surface area contributed by atoms with Gasteiger partial charge in [-0.25, -0.2) is 13.4 Å². The van der Waals surface area contributed by atoms with E-state index >= 15 is 0 Å². The first-order valence-corrected chi connectivity index (χ1v) is 12.3. The van der Waals surface area contributed by atoms with Crippen molar-refractivity contribution in [1.82, 2.24) is 9.29 Å². The predicted molar refractivity (Wildman–Crippen MR) is 130 cm³/mol. The van der Waals surface area contributed by atoms with Crippen LogP contribution in [-0.4, -0.2) is 36.7 Å². The Morgan fingerprint density at radius 1 is 0.970 bits per heavy atom. The van der Waals surface area contributed by atoms with Crippen LogP contribution in [-0.2, 0) is 21.2 Å². The first-order valence-electron chi connectivity index (χ1n) is 10.8. The minimum absolute atomic E-state index is 0.121. The molecule has 1 heterocycles. The van der Waals surface area contributed by atoms with Gasteiger partial charge in [0, 0.05) is 37.0 Å². The number of nitrogens with one attached hydrogen (secondary N) is 1. The molecule has 1 aromatic heterocycles. The SMILES string of the molecule is CCN(CC)S(=O)(=O)c1ccc(CCC(=O)Nc2cccc(C#Cc3ccccn3)c2)cc1. The number of nitrogens with zero attached hydrogens (tertiary/aromatic N) is 2. The summed E-state index contributed by atoms with van der Waals surface area (Å²) in [5.41, 5.74) is 3.04. The van der Waals surface area contributed by atoms with Gasteiger partial charge in [-0.3, -0.25) is 4.79 Å². The molecule has 0 radical (unpaired) electrons. The van der Waals surface area contributed by atoms with Crippen LogP contribution in [0.4, 0.5) is 5.69 Å². The molecule has 1 amide bonds. The van der Waals surface area contributed by atoms with Crippen molar-refractivity contribution in [3.8, 4) is 11.8 Å². The van der Waals surface area contributed by atoms with E-state index < -0.39 is 10.0 Å². The summed E-state index contributed by atoms with van der Waals surface area (Å²) in [5, 5.41) is 2.89. The van der Waals surface area contributed by atoms with Crippen LogP contribution in [0.3, 0.4) is 0 Å². The highest BCUT2D eigenvalue weighted by Crippen LogP contribution is 2.17. The lowest BCUT2D eigenvalue weighted by Crippen LogP contribution is -2.30. The minimum Gasteiger partial charge on any atom is -0.326 e. The average Bonchev–Trinajstić information content (AvgIpc) is 2.83. The number of sulfonamides is 1. The number of aromatic nitrogens is 1. The fourth-order valence-corrected chi connectivity index (χ4v) is 4.73. The van der Waals surface area contributed by atoms with Gasteiger partial charge in [0.05, 0.1) is 4.90 Å². The lowest BCUT2D eigenvalue weighted by molar-refractivity contribution is -0.116. The van der Waals surface area contributed by atoms with E-state index in [2.05, 4.69) is 22.1 Å². The molecule has 3 rings (SSSR count). The molecule has 3 aromatic rings. The third-order valence-electron chi connectivity index (χ3n) is 5.05. The summed E-state index contributed by atoms with van der Waals surface area (Å²) in [6.45, 7) is 4.49. The second-order valence-corrected chi connectivity index (χ2v) is 9.27. The fraction of sp³-hybridized carbons (Fsp3) is 0.231. The monoisotopic (exact) mass is 461 g/mol. The Morgan fingerprint density at radius 3 is 2.39 bits per heavy atom. The molecule has 7 heteroatoms. The Labute approximate surface area is 195 Å². The van der Waals surface area contributed by atoms with Gasteiger partial charge >= 0.3 is 0 Å². The molecular formula is C26H27N3O3S. The quantitative estimate of drug-likeness (QED) is 0.513. The fourth-order valence-electron chi connectivity index (χ4n) is 3.27. The zero-order valence-electron chi connectivity index (χ0n) is 18.8. The third kappa shape index (κ3) is 6.75. The molecule has 0 saturated heterocycles. The Morgan fingerprint density at radius 2 is 1.73 bits per heavy atom. The van der Waals surface area contributed by atoms with Crippen LogP contribution in [0.15, 0.2) is 77.8 Å². The van der Waals surface area contributed by atoms with Gasteiger partial charge < -0.3 is 5.32 Å². The van der Waals surface area contributed by atoms with E-state index in [9.17, 15) is 13.2 Å². The number of hydrogen-bond donors (Lipinski definition) is 1. The van der Waals surface area contributed by atoms with E-state index in [0.29, 0.717) is 30.9 Å². The number of rotatable bonds is 8. The molecule has 2 aromatic carbocycles. The van der Waals surface area contributed by atoms with Crippen molar-refractivity contribution in [2.45, 2.75) is 31.6 Å². The zero-order valence-corrected chi connectivity index (χ0v) is 19.6. The second kappa shape index (κ2) is 11.4. The maximum absolute atomic E-state index is 12.6. The average molecular weight is 462 g/mol. The number of hydrogen-bond acceptors (Lipinski definition) is 4. The second-order valence-electron chi connectivity index (χ2n) is 7.33. The first-order chi connectivity index (χ1) is 15.9. The Kier molecular flexibility index (Phi) is 8.36. The van der Waals surface area contributed by atoms with Crippen molar-refractivity contribution in [1.29, 1.82) is 0 Å². The van der Waals surface area contributed by atoms with Crippen molar-refractivity contribution in [3.63, 3.8) is 0 Å². The number of carbonyl (C=O) groups is 1. The molecule has 0 spiro atoms. The van der Waals surface area contributed by atoms with Gasteiger partial charge in [-0.05, 0) is 60.4 Å². The van der Waals surface area contributed by atoms with Crippen LogP contribution in [0.5, 0.6) is 0 Å². The van der Waals surface area contributed by atoms with Crippen LogP contribution < -0.4 is 5.32 Å². The van der Waals surface area contributed by atoms with Crippen LogP contribution in [0.2, 0.25) is 0 Å². The van der Waals surface area contributed by atoms with Crippen molar-refractivity contribution < 1.29 is 13.2 Å². The van der Waals surface area contributed by atoms with Gasteiger partial charge in [0.15, 0.2) is 0 Å². The predicted octanol–water partition coefficient (Wildman–Crippen LogP) is 4.08. The largest absolute Gasteiger partial charge is 0.326 e. The summed E-state index contributed by atoms with van der Waals surface area (Å²) in [6.07, 6.45) is 2.49. The zero-order chi connectivity index (χ0) is 23.7. The van der Waals surface area contributed by atoms with E-state index in [-0.39, 0.29) is 17.2 Å². The van der Waals surface area contributed by atoms with Gasteiger partial charge in [0.1, 0.15) is 5.69 Å². The number of pyridine rings is 1. The van der Waals surface area contributed by atoms with E-state index in [1.165, 1.54) is 4.31 Å². The normalized spacial score (nSPS) is 11.0. The van der Waals surface area contributed by atoms with Gasteiger partial charge in [-0.2, -0.15) is 4.31 Å². The topological polar surface area (TPSA) is 79.4 Å². The molecule has 0 atom stereocenters. The Bertz CT molecular complexity index is 1240. The maximum Gasteiger partial charge on any atom is 0.243 e. The Balaban J connectivity index is 1.57. The molecule has 0 aliphatic carbocycles. The van der Waals surface area contributed by atoms with Crippen LogP contribution in [0.1, 0.15) is 37.1 Å². The van der Waals surface area contributed by atoms with E-state index in [0.717, 1.165) is 11.1 Å². The van der Waals surface area contributed by atoms with Crippen molar-refractivity contribution >= 4 is 21.6 Å². The summed E-state index contributed by atoms with van der Waals surface area (Å²) < 4.78 is 26.6. The highest BCUT2D eigenvalue weighted by atomic mass is 32.2. The lowest BCUT2D eigenvalue weighted by atomic mass is 10.1. The summed E-state index contributed by atoms with van der Waals surface area (Å²) in [5.74, 6) is 5.93. The molecule has 0 bridgehead atoms. The third-order valence-corrected chi connectivity index (χ3v) is 7.12. The number of anilines is 1. The van der Waals surface area contributed by atoms with Crippen molar-refractivity contribution in [3.05, 3.63) is 89.7 Å². The van der Waals surface area contributed by atoms with Crippen LogP contribution in [0.25, 0.3) is 0 Å². The molecule has 0 aliphatic rings. The van der Waals surface area contributed by atoms with E-state index in [1.807, 2.05) is 56.3 Å². The number of amides is 1. The molecular weight excluding hydrogens is 434 g/mol. The first kappa shape index (κ1) is 24.2. The number of aryl methyl sites for hydroxylation is 1. The number of carbonyl (C=O) groups excluding carboxylic acids is 1. The van der Waals surface area contributed by atoms with Crippen LogP contribution >= 0.6 is 0 Å². The van der Waals surface area contributed by atoms with Gasteiger partial charge in [0.2, 0.25) is 15.9 Å². The van der Waals surface area contributed by atoms with Gasteiger partial charge in [0.25, 0.3) is 0 Å². The molecule has 6 nitrogen and oxygen atoms in total. The van der Waals surface area contributed by atoms with Crippen LogP contribution in [0, 0.1) is 11.8 Å². The van der Waals surface area contributed by atoms with E-state index in [1.54, 1.807) is 30.5 Å². The molecule has 0 saturated carbocycles. The summed E-state index contributed by atoms with van der Waals surface area (Å²) in [6, 6.07) is 19.6. The highest BCUT2D eigenvalue weighted by molar-refractivity contribution is 7.89. The van der Waals surface area contributed by atoms with E-state index in [4.69, 9.17) is 0 Å². The minimum atomic E-state index is -3.48. The van der Waals surface area contributed by atoms with Crippen molar-refractivity contribution in [2.24, 2.45) is 0 Å². The summed E-state index contributed by atoms with van der Waals surface area (Å²) in [4.78, 5) is 16.9. The molecule has 0 unspecified atom stereocenters. The molecule has 170 valence electrons. The van der Waals surface area contributed by atoms with Gasteiger partial charge in [-0.1, -0.05) is 44.0 Å².